The van der Waals surface area contributed by atoms with Crippen LogP contribution < -0.4 is 5.32 Å². The van der Waals surface area contributed by atoms with E-state index < -0.39 is 11.7 Å². The average molecular weight is 284 g/mol. The van der Waals surface area contributed by atoms with Crippen LogP contribution in [0.15, 0.2) is 6.20 Å². The normalized spacial score (nSPS) is 11.6. The van der Waals surface area contributed by atoms with Crippen LogP contribution in [0.25, 0.3) is 11.0 Å². The zero-order valence-electron chi connectivity index (χ0n) is 11.1. The van der Waals surface area contributed by atoms with Crippen molar-refractivity contribution in [2.75, 3.05) is 5.32 Å². The zero-order chi connectivity index (χ0) is 14.2. The molecule has 7 nitrogen and oxygen atoms in total. The van der Waals surface area contributed by atoms with Crippen molar-refractivity contribution in [1.82, 2.24) is 19.7 Å². The van der Waals surface area contributed by atoms with Gasteiger partial charge in [-0.05, 0) is 20.8 Å². The van der Waals surface area contributed by atoms with Gasteiger partial charge >= 0.3 is 6.09 Å². The maximum Gasteiger partial charge on any atom is 0.414 e. The maximum atomic E-state index is 11.6. The molecule has 0 aliphatic rings. The lowest BCUT2D eigenvalue weighted by molar-refractivity contribution is 0.0634. The number of halogens is 1. The summed E-state index contributed by atoms with van der Waals surface area (Å²) in [6.07, 6.45) is 0.930. The molecule has 0 spiro atoms. The Balaban J connectivity index is 2.26. The first-order valence-corrected chi connectivity index (χ1v) is 5.99. The maximum absolute atomic E-state index is 11.6. The van der Waals surface area contributed by atoms with Gasteiger partial charge in [0.1, 0.15) is 10.8 Å². The van der Waals surface area contributed by atoms with Crippen LogP contribution in [0.4, 0.5) is 10.7 Å². The summed E-state index contributed by atoms with van der Waals surface area (Å²) in [5, 5.41) is 7.31. The van der Waals surface area contributed by atoms with E-state index >= 15 is 0 Å². The Hall–Kier alpha value is -1.89. The van der Waals surface area contributed by atoms with E-state index in [9.17, 15) is 4.79 Å². The molecule has 0 bridgehead atoms. The van der Waals surface area contributed by atoms with Crippen molar-refractivity contribution in [2.24, 2.45) is 7.05 Å². The standard InChI is InChI=1S/C11H14ClN5O2/c1-11(2,3)19-10(18)16-9-14-7(12)6-5-13-17(4)8(6)15-9/h5H,1-4H3,(H,14,15,16,18). The first-order valence-electron chi connectivity index (χ1n) is 5.61. The van der Waals surface area contributed by atoms with Gasteiger partial charge in [-0.1, -0.05) is 11.6 Å². The molecular formula is C11H14ClN5O2. The van der Waals surface area contributed by atoms with Crippen molar-refractivity contribution >= 4 is 34.7 Å². The third-order valence-electron chi connectivity index (χ3n) is 2.16. The van der Waals surface area contributed by atoms with Gasteiger partial charge in [0.05, 0.1) is 11.6 Å². The van der Waals surface area contributed by atoms with E-state index in [2.05, 4.69) is 20.4 Å². The number of amides is 1. The number of hydrogen-bond acceptors (Lipinski definition) is 5. The number of carbonyl (C=O) groups is 1. The van der Waals surface area contributed by atoms with Crippen molar-refractivity contribution in [2.45, 2.75) is 26.4 Å². The summed E-state index contributed by atoms with van der Waals surface area (Å²) in [6, 6.07) is 0. The minimum Gasteiger partial charge on any atom is -0.444 e. The van der Waals surface area contributed by atoms with E-state index in [-0.39, 0.29) is 11.1 Å². The summed E-state index contributed by atoms with van der Waals surface area (Å²) in [5.41, 5.74) is -0.0594. The van der Waals surface area contributed by atoms with Crippen LogP contribution in [-0.2, 0) is 11.8 Å². The lowest BCUT2D eigenvalue weighted by Crippen LogP contribution is -2.27. The highest BCUT2D eigenvalue weighted by molar-refractivity contribution is 6.34. The number of rotatable bonds is 1. The molecule has 0 aromatic carbocycles. The smallest absolute Gasteiger partial charge is 0.414 e. The van der Waals surface area contributed by atoms with Gasteiger partial charge < -0.3 is 4.74 Å². The van der Waals surface area contributed by atoms with Gasteiger partial charge in [-0.15, -0.1) is 0 Å². The van der Waals surface area contributed by atoms with E-state index in [1.54, 1.807) is 38.7 Å². The number of ether oxygens (including phenoxy) is 1. The van der Waals surface area contributed by atoms with E-state index in [1.165, 1.54) is 0 Å². The second kappa shape index (κ2) is 4.65. The number of fused-ring (bicyclic) bond motifs is 1. The van der Waals surface area contributed by atoms with Crippen molar-refractivity contribution < 1.29 is 9.53 Å². The third kappa shape index (κ3) is 3.11. The minimum atomic E-state index is -0.634. The summed E-state index contributed by atoms with van der Waals surface area (Å²) in [7, 11) is 1.73. The van der Waals surface area contributed by atoms with Gasteiger partial charge in [0, 0.05) is 7.05 Å². The van der Waals surface area contributed by atoms with Crippen molar-refractivity contribution in [3.05, 3.63) is 11.3 Å². The molecule has 1 N–H and O–H groups in total. The van der Waals surface area contributed by atoms with E-state index in [1.807, 2.05) is 0 Å². The molecule has 0 aliphatic heterocycles. The lowest BCUT2D eigenvalue weighted by Gasteiger charge is -2.19. The lowest BCUT2D eigenvalue weighted by atomic mass is 10.2. The average Bonchev–Trinajstić information content (AvgIpc) is 2.58. The molecule has 0 aliphatic carbocycles. The monoisotopic (exact) mass is 283 g/mol. The van der Waals surface area contributed by atoms with Crippen molar-refractivity contribution in [3.63, 3.8) is 0 Å². The molecule has 2 heterocycles. The van der Waals surface area contributed by atoms with Crippen LogP contribution >= 0.6 is 11.6 Å². The Labute approximate surface area is 114 Å². The molecule has 19 heavy (non-hydrogen) atoms. The van der Waals surface area contributed by atoms with Crippen LogP contribution in [0, 0.1) is 0 Å². The molecule has 0 atom stereocenters. The summed E-state index contributed by atoms with van der Waals surface area (Å²) in [4.78, 5) is 19.8. The molecule has 0 radical (unpaired) electrons. The predicted molar refractivity (Wildman–Crippen MR) is 71.2 cm³/mol. The molecule has 0 saturated carbocycles. The Kier molecular flexibility index (Phi) is 3.32. The summed E-state index contributed by atoms with van der Waals surface area (Å²) in [6.45, 7) is 5.31. The van der Waals surface area contributed by atoms with Gasteiger partial charge in [-0.3, -0.25) is 10.00 Å². The van der Waals surface area contributed by atoms with Gasteiger partial charge in [0.25, 0.3) is 0 Å². The Morgan fingerprint density at radius 2 is 2.11 bits per heavy atom. The number of anilines is 1. The van der Waals surface area contributed by atoms with Gasteiger partial charge in [-0.25, -0.2) is 4.79 Å². The molecule has 2 aromatic rings. The summed E-state index contributed by atoms with van der Waals surface area (Å²) in [5.74, 6) is 0.0790. The molecule has 102 valence electrons. The molecule has 2 aromatic heterocycles. The fourth-order valence-corrected chi connectivity index (χ4v) is 1.65. The number of aryl methyl sites for hydroxylation is 1. The fraction of sp³-hybridized carbons (Fsp3) is 0.455. The number of nitrogens with zero attached hydrogens (tertiary/aromatic N) is 4. The summed E-state index contributed by atoms with van der Waals surface area (Å²) < 4.78 is 6.65. The summed E-state index contributed by atoms with van der Waals surface area (Å²) >= 11 is 6.00. The number of nitrogens with one attached hydrogen (secondary N) is 1. The van der Waals surface area contributed by atoms with Crippen LogP contribution in [0.2, 0.25) is 5.15 Å². The van der Waals surface area contributed by atoms with Crippen molar-refractivity contribution in [1.29, 1.82) is 0 Å². The molecule has 0 saturated heterocycles. The molecule has 2 rings (SSSR count). The minimum absolute atomic E-state index is 0.0790. The Morgan fingerprint density at radius 3 is 2.74 bits per heavy atom. The van der Waals surface area contributed by atoms with E-state index in [4.69, 9.17) is 16.3 Å². The van der Waals surface area contributed by atoms with Crippen LogP contribution in [0.1, 0.15) is 20.8 Å². The predicted octanol–water partition coefficient (Wildman–Crippen LogP) is 2.36. The van der Waals surface area contributed by atoms with Gasteiger partial charge in [0.15, 0.2) is 5.65 Å². The quantitative estimate of drug-likeness (QED) is 0.813. The van der Waals surface area contributed by atoms with E-state index in [0.29, 0.717) is 11.0 Å². The van der Waals surface area contributed by atoms with Gasteiger partial charge in [-0.2, -0.15) is 15.1 Å². The van der Waals surface area contributed by atoms with Crippen molar-refractivity contribution in [3.8, 4) is 0 Å². The topological polar surface area (TPSA) is 81.9 Å². The Bertz CT molecular complexity index is 632. The molecule has 1 amide bonds. The van der Waals surface area contributed by atoms with Crippen LogP contribution in [-0.4, -0.2) is 31.4 Å². The largest absolute Gasteiger partial charge is 0.444 e. The van der Waals surface area contributed by atoms with Crippen LogP contribution in [0.5, 0.6) is 0 Å². The highest BCUT2D eigenvalue weighted by atomic mass is 35.5. The zero-order valence-corrected chi connectivity index (χ0v) is 11.8. The first kappa shape index (κ1) is 13.5. The van der Waals surface area contributed by atoms with Crippen LogP contribution in [0.3, 0.4) is 0 Å². The SMILES string of the molecule is Cn1ncc2c(Cl)nc(NC(=O)OC(C)(C)C)nc21. The third-order valence-corrected chi connectivity index (χ3v) is 2.45. The first-order chi connectivity index (χ1) is 8.76. The highest BCUT2D eigenvalue weighted by Gasteiger charge is 2.18. The number of carbonyl (C=O) groups excluding carboxylic acids is 1. The number of hydrogen-bond donors (Lipinski definition) is 1. The fourth-order valence-electron chi connectivity index (χ4n) is 1.44. The molecular weight excluding hydrogens is 270 g/mol. The number of aromatic nitrogens is 4. The second-order valence-electron chi connectivity index (χ2n) is 4.97. The Morgan fingerprint density at radius 1 is 1.42 bits per heavy atom. The molecule has 0 unspecified atom stereocenters. The molecule has 0 fully saturated rings. The van der Waals surface area contributed by atoms with E-state index in [0.717, 1.165) is 0 Å². The second-order valence-corrected chi connectivity index (χ2v) is 5.33. The van der Waals surface area contributed by atoms with Gasteiger partial charge in [0.2, 0.25) is 5.95 Å². The highest BCUT2D eigenvalue weighted by Crippen LogP contribution is 2.21. The molecule has 8 heteroatoms.